The molecule has 24 heavy (non-hydrogen) atoms. The highest BCUT2D eigenvalue weighted by Crippen LogP contribution is 2.24. The number of benzene rings is 2. The summed E-state index contributed by atoms with van der Waals surface area (Å²) in [5, 5.41) is 20.8. The van der Waals surface area contributed by atoms with Crippen LogP contribution in [0.2, 0.25) is 5.02 Å². The lowest BCUT2D eigenvalue weighted by molar-refractivity contribution is 0.174. The molecular weight excluding hydrogens is 329 g/mol. The highest BCUT2D eigenvalue weighted by atomic mass is 35.5. The van der Waals surface area contributed by atoms with Crippen molar-refractivity contribution in [3.05, 3.63) is 76.7 Å². The maximum Gasteiger partial charge on any atom is 0.132 e. The van der Waals surface area contributed by atoms with Crippen LogP contribution in [0.25, 0.3) is 11.3 Å². The molecule has 0 spiro atoms. The second kappa shape index (κ2) is 7.57. The van der Waals surface area contributed by atoms with Crippen molar-refractivity contribution in [1.29, 1.82) is 0 Å². The number of aromatic nitrogens is 2. The Morgan fingerprint density at radius 1 is 1.17 bits per heavy atom. The van der Waals surface area contributed by atoms with E-state index >= 15 is 0 Å². The number of H-pyrrole nitrogens is 1. The molecule has 1 heterocycles. The number of hydrogen-bond acceptors (Lipinski definition) is 3. The average molecular weight is 346 g/mol. The Bertz CT molecular complexity index is 804. The van der Waals surface area contributed by atoms with Crippen molar-refractivity contribution in [3.8, 4) is 11.3 Å². The molecule has 2 aromatic carbocycles. The summed E-state index contributed by atoms with van der Waals surface area (Å²) in [7, 11) is 0. The fourth-order valence-corrected chi connectivity index (χ4v) is 2.61. The molecule has 0 aliphatic heterocycles. The van der Waals surface area contributed by atoms with Crippen LogP contribution in [0.5, 0.6) is 0 Å². The van der Waals surface area contributed by atoms with Crippen molar-refractivity contribution in [3.63, 3.8) is 0 Å². The molecule has 1 atom stereocenters. The molecule has 0 radical (unpaired) electrons. The second-order valence-corrected chi connectivity index (χ2v) is 5.88. The molecule has 4 nitrogen and oxygen atoms in total. The molecule has 6 heteroatoms. The summed E-state index contributed by atoms with van der Waals surface area (Å²) in [5.41, 5.74) is 2.74. The van der Waals surface area contributed by atoms with Crippen molar-refractivity contribution >= 4 is 11.6 Å². The van der Waals surface area contributed by atoms with Crippen LogP contribution >= 0.6 is 11.6 Å². The van der Waals surface area contributed by atoms with Crippen LogP contribution in [-0.2, 0) is 6.54 Å². The highest BCUT2D eigenvalue weighted by molar-refractivity contribution is 6.30. The third-order valence-corrected chi connectivity index (χ3v) is 4.02. The number of nitrogens with zero attached hydrogens (tertiary/aromatic N) is 1. The van der Waals surface area contributed by atoms with Gasteiger partial charge in [0.2, 0.25) is 0 Å². The Hall–Kier alpha value is -2.21. The van der Waals surface area contributed by atoms with Crippen molar-refractivity contribution in [1.82, 2.24) is 15.5 Å². The van der Waals surface area contributed by atoms with Crippen molar-refractivity contribution in [2.45, 2.75) is 12.6 Å². The molecule has 0 amide bonds. The summed E-state index contributed by atoms with van der Waals surface area (Å²) in [6.07, 6.45) is 1.01. The molecule has 0 saturated carbocycles. The van der Waals surface area contributed by atoms with Gasteiger partial charge in [-0.3, -0.25) is 5.10 Å². The number of aliphatic hydroxyl groups excluding tert-OH is 1. The van der Waals surface area contributed by atoms with Gasteiger partial charge in [0.25, 0.3) is 0 Å². The smallest absolute Gasteiger partial charge is 0.132 e. The molecule has 3 rings (SSSR count). The first-order chi connectivity index (χ1) is 11.6. The number of aromatic amines is 1. The van der Waals surface area contributed by atoms with E-state index in [1.54, 1.807) is 48.7 Å². The van der Waals surface area contributed by atoms with Gasteiger partial charge in [-0.25, -0.2) is 4.39 Å². The summed E-state index contributed by atoms with van der Waals surface area (Å²) < 4.78 is 13.9. The van der Waals surface area contributed by atoms with Gasteiger partial charge < -0.3 is 10.4 Å². The number of hydrogen-bond donors (Lipinski definition) is 3. The summed E-state index contributed by atoms with van der Waals surface area (Å²) in [5.74, 6) is -0.302. The fourth-order valence-electron chi connectivity index (χ4n) is 2.49. The number of nitrogens with one attached hydrogen (secondary N) is 2. The highest BCUT2D eigenvalue weighted by Gasteiger charge is 2.12. The van der Waals surface area contributed by atoms with Crippen LogP contribution in [0.15, 0.2) is 54.7 Å². The summed E-state index contributed by atoms with van der Waals surface area (Å²) in [4.78, 5) is 0. The standard InChI is InChI=1S/C18H17ClFN3O/c19-14-7-5-12(6-8-14)17(24)11-21-9-13-10-22-23-18(13)15-3-1-2-4-16(15)20/h1-8,10,17,21,24H,9,11H2,(H,22,23). The maximum absolute atomic E-state index is 13.9. The molecule has 0 saturated heterocycles. The SMILES string of the molecule is OC(CNCc1cn[nH]c1-c1ccccc1F)c1ccc(Cl)cc1. The number of halogens is 2. The van der Waals surface area contributed by atoms with Crippen LogP contribution in [-0.4, -0.2) is 21.8 Å². The normalized spacial score (nSPS) is 12.3. The van der Waals surface area contributed by atoms with E-state index in [2.05, 4.69) is 15.5 Å². The van der Waals surface area contributed by atoms with E-state index in [0.29, 0.717) is 29.4 Å². The third-order valence-electron chi connectivity index (χ3n) is 3.77. The molecule has 0 fully saturated rings. The van der Waals surface area contributed by atoms with Crippen LogP contribution in [0.4, 0.5) is 4.39 Å². The number of aliphatic hydroxyl groups is 1. The van der Waals surface area contributed by atoms with Gasteiger partial charge in [-0.05, 0) is 29.8 Å². The van der Waals surface area contributed by atoms with Crippen molar-refractivity contribution < 1.29 is 9.50 Å². The molecule has 1 aromatic heterocycles. The van der Waals surface area contributed by atoms with E-state index in [1.165, 1.54) is 6.07 Å². The minimum absolute atomic E-state index is 0.302. The zero-order valence-electron chi connectivity index (χ0n) is 12.8. The molecule has 0 aliphatic carbocycles. The maximum atomic E-state index is 13.9. The molecule has 1 unspecified atom stereocenters. The van der Waals surface area contributed by atoms with Crippen LogP contribution in [0.3, 0.4) is 0 Å². The lowest BCUT2D eigenvalue weighted by Crippen LogP contribution is -2.21. The first kappa shape index (κ1) is 16.6. The Morgan fingerprint density at radius 3 is 2.67 bits per heavy atom. The lowest BCUT2D eigenvalue weighted by atomic mass is 10.1. The molecular formula is C18H17ClFN3O. The topological polar surface area (TPSA) is 60.9 Å². The van der Waals surface area contributed by atoms with Crippen LogP contribution < -0.4 is 5.32 Å². The minimum Gasteiger partial charge on any atom is -0.387 e. The van der Waals surface area contributed by atoms with Gasteiger partial charge >= 0.3 is 0 Å². The van der Waals surface area contributed by atoms with Crippen LogP contribution in [0, 0.1) is 5.82 Å². The van der Waals surface area contributed by atoms with Gasteiger partial charge in [-0.2, -0.15) is 5.10 Å². The van der Waals surface area contributed by atoms with E-state index in [0.717, 1.165) is 11.1 Å². The summed E-state index contributed by atoms with van der Waals surface area (Å²) in [6, 6.07) is 13.6. The van der Waals surface area contributed by atoms with Crippen molar-refractivity contribution in [2.75, 3.05) is 6.54 Å². The zero-order valence-corrected chi connectivity index (χ0v) is 13.6. The predicted molar refractivity (Wildman–Crippen MR) is 92.1 cm³/mol. The molecule has 3 aromatic rings. The van der Waals surface area contributed by atoms with Gasteiger partial charge in [0.05, 0.1) is 18.0 Å². The zero-order chi connectivity index (χ0) is 16.9. The molecule has 0 bridgehead atoms. The Balaban J connectivity index is 1.63. The predicted octanol–water partition coefficient (Wildman–Crippen LogP) is 3.69. The van der Waals surface area contributed by atoms with Gasteiger partial charge in [0.1, 0.15) is 5.82 Å². The molecule has 3 N–H and O–H groups in total. The van der Waals surface area contributed by atoms with E-state index in [4.69, 9.17) is 11.6 Å². The van der Waals surface area contributed by atoms with Gasteiger partial charge in [-0.1, -0.05) is 35.9 Å². The second-order valence-electron chi connectivity index (χ2n) is 5.45. The quantitative estimate of drug-likeness (QED) is 0.638. The largest absolute Gasteiger partial charge is 0.387 e. The van der Waals surface area contributed by atoms with Gasteiger partial charge in [0.15, 0.2) is 0 Å². The molecule has 124 valence electrons. The van der Waals surface area contributed by atoms with Crippen molar-refractivity contribution in [2.24, 2.45) is 0 Å². The first-order valence-corrected chi connectivity index (χ1v) is 7.94. The third kappa shape index (κ3) is 3.82. The average Bonchev–Trinajstić information content (AvgIpc) is 3.04. The van der Waals surface area contributed by atoms with E-state index in [9.17, 15) is 9.50 Å². The van der Waals surface area contributed by atoms with E-state index < -0.39 is 6.10 Å². The number of rotatable bonds is 6. The monoisotopic (exact) mass is 345 g/mol. The lowest BCUT2D eigenvalue weighted by Gasteiger charge is -2.12. The van der Waals surface area contributed by atoms with Gasteiger partial charge in [-0.15, -0.1) is 0 Å². The first-order valence-electron chi connectivity index (χ1n) is 7.56. The fraction of sp³-hybridized carbons (Fsp3) is 0.167. The van der Waals surface area contributed by atoms with Crippen LogP contribution in [0.1, 0.15) is 17.2 Å². The molecule has 0 aliphatic rings. The minimum atomic E-state index is -0.647. The van der Waals surface area contributed by atoms with E-state index in [-0.39, 0.29) is 5.82 Å². The van der Waals surface area contributed by atoms with E-state index in [1.807, 2.05) is 0 Å². The Morgan fingerprint density at radius 2 is 1.92 bits per heavy atom. The Kier molecular flexibility index (Phi) is 5.25. The summed E-state index contributed by atoms with van der Waals surface area (Å²) >= 11 is 5.84. The summed E-state index contributed by atoms with van der Waals surface area (Å²) in [6.45, 7) is 0.828. The Labute approximate surface area is 144 Å². The van der Waals surface area contributed by atoms with Gasteiger partial charge in [0, 0.05) is 29.2 Å².